The maximum Gasteiger partial charge on any atom is 0.416 e. The number of alkyl halides is 5. The lowest BCUT2D eigenvalue weighted by Gasteiger charge is -2.10. The number of nitrogens with one attached hydrogen (secondary N) is 2. The van der Waals surface area contributed by atoms with E-state index in [1.54, 1.807) is 0 Å². The number of benzene rings is 3. The van der Waals surface area contributed by atoms with Crippen LogP contribution in [0.4, 0.5) is 28.9 Å². The zero-order valence-corrected chi connectivity index (χ0v) is 19.7. The van der Waals surface area contributed by atoms with Crippen LogP contribution in [0, 0.1) is 11.7 Å². The molecule has 2 N–H and O–H groups in total. The molecule has 0 spiro atoms. The monoisotopic (exact) mass is 544 g/mol. The average molecular weight is 546 g/mol. The quantitative estimate of drug-likeness (QED) is 0.262. The van der Waals surface area contributed by atoms with Crippen molar-refractivity contribution < 1.29 is 27.2 Å². The van der Waals surface area contributed by atoms with E-state index in [9.17, 15) is 27.2 Å². The van der Waals surface area contributed by atoms with Crippen LogP contribution >= 0.6 is 34.8 Å². The van der Waals surface area contributed by atoms with Crippen LogP contribution in [0.1, 0.15) is 27.4 Å². The fourth-order valence-electron chi connectivity index (χ4n) is 3.70. The summed E-state index contributed by atoms with van der Waals surface area (Å²) >= 11 is 18.6. The number of halogens is 7. The zero-order valence-electron chi connectivity index (χ0n) is 17.5. The molecule has 0 aromatic heterocycles. The van der Waals surface area contributed by atoms with E-state index in [-0.39, 0.29) is 21.8 Å². The molecule has 0 radical (unpaired) electrons. The molecule has 0 bridgehead atoms. The van der Waals surface area contributed by atoms with Crippen LogP contribution in [0.5, 0.6) is 0 Å². The molecule has 3 aromatic rings. The van der Waals surface area contributed by atoms with Crippen LogP contribution in [0.2, 0.25) is 5.02 Å². The van der Waals surface area contributed by atoms with Gasteiger partial charge in [0.1, 0.15) is 10.2 Å². The molecule has 1 fully saturated rings. The van der Waals surface area contributed by atoms with Gasteiger partial charge < -0.3 is 10.6 Å². The Morgan fingerprint density at radius 2 is 1.54 bits per heavy atom. The molecule has 2 atom stereocenters. The number of anilines is 2. The van der Waals surface area contributed by atoms with Crippen LogP contribution in [-0.2, 0) is 11.0 Å². The van der Waals surface area contributed by atoms with Crippen molar-refractivity contribution in [1.82, 2.24) is 0 Å². The lowest BCUT2D eigenvalue weighted by Crippen LogP contribution is -2.18. The molecule has 11 heteroatoms. The fraction of sp³-hybridized carbons (Fsp3) is 0.167. The Hall–Kier alpha value is -2.81. The molecular formula is C24H15Cl3F4N2O2. The first-order valence-corrected chi connectivity index (χ1v) is 11.2. The Labute approximate surface area is 212 Å². The molecular weight excluding hydrogens is 531 g/mol. The van der Waals surface area contributed by atoms with E-state index in [0.29, 0.717) is 5.69 Å². The average Bonchev–Trinajstić information content (AvgIpc) is 3.38. The van der Waals surface area contributed by atoms with Gasteiger partial charge in [-0.15, -0.1) is 23.2 Å². The van der Waals surface area contributed by atoms with Crippen LogP contribution < -0.4 is 10.6 Å². The zero-order chi connectivity index (χ0) is 25.5. The fourth-order valence-corrected chi connectivity index (χ4v) is 4.74. The van der Waals surface area contributed by atoms with E-state index in [1.165, 1.54) is 54.6 Å². The van der Waals surface area contributed by atoms with Crippen molar-refractivity contribution in [1.29, 1.82) is 0 Å². The van der Waals surface area contributed by atoms with Gasteiger partial charge in [0.05, 0.1) is 22.1 Å². The van der Waals surface area contributed by atoms with Gasteiger partial charge in [-0.1, -0.05) is 29.8 Å². The predicted molar refractivity (Wildman–Crippen MR) is 127 cm³/mol. The highest BCUT2D eigenvalue weighted by molar-refractivity contribution is 6.53. The van der Waals surface area contributed by atoms with Crippen molar-refractivity contribution in [2.24, 2.45) is 5.92 Å². The largest absolute Gasteiger partial charge is 0.416 e. The summed E-state index contributed by atoms with van der Waals surface area (Å²) in [5, 5.41) is 5.24. The maximum absolute atomic E-state index is 13.1. The molecule has 3 aromatic carbocycles. The summed E-state index contributed by atoms with van der Waals surface area (Å²) in [6.45, 7) is 0. The first-order chi connectivity index (χ1) is 16.4. The summed E-state index contributed by atoms with van der Waals surface area (Å²) in [5.74, 6) is -3.59. The van der Waals surface area contributed by atoms with E-state index in [1.807, 2.05) is 0 Å². The van der Waals surface area contributed by atoms with E-state index in [2.05, 4.69) is 10.6 Å². The predicted octanol–water partition coefficient (Wildman–Crippen LogP) is 7.28. The van der Waals surface area contributed by atoms with Crippen LogP contribution in [0.15, 0.2) is 66.7 Å². The summed E-state index contributed by atoms with van der Waals surface area (Å²) in [6, 6.07) is 13.7. The first-order valence-electron chi connectivity index (χ1n) is 10.1. The Morgan fingerprint density at radius 3 is 2.20 bits per heavy atom. The molecule has 182 valence electrons. The second-order valence-corrected chi connectivity index (χ2v) is 9.75. The number of hydrogen-bond acceptors (Lipinski definition) is 2. The summed E-state index contributed by atoms with van der Waals surface area (Å²) in [6.07, 6.45) is -4.56. The van der Waals surface area contributed by atoms with Crippen molar-refractivity contribution in [3.63, 3.8) is 0 Å². The van der Waals surface area contributed by atoms with Gasteiger partial charge in [0.2, 0.25) is 5.91 Å². The lowest BCUT2D eigenvalue weighted by atomic mass is 10.1. The summed E-state index contributed by atoms with van der Waals surface area (Å²) < 4.78 is 50.7. The first kappa shape index (κ1) is 25.3. The highest BCUT2D eigenvalue weighted by Gasteiger charge is 2.67. The highest BCUT2D eigenvalue weighted by atomic mass is 35.5. The van der Waals surface area contributed by atoms with Gasteiger partial charge in [-0.3, -0.25) is 9.59 Å². The minimum absolute atomic E-state index is 0.0297. The number of carbonyl (C=O) groups is 2. The summed E-state index contributed by atoms with van der Waals surface area (Å²) in [5.41, 5.74) is -0.137. The van der Waals surface area contributed by atoms with Crippen molar-refractivity contribution in [3.05, 3.63) is 94.3 Å². The highest BCUT2D eigenvalue weighted by Crippen LogP contribution is 2.65. The molecule has 1 aliphatic rings. The van der Waals surface area contributed by atoms with Crippen molar-refractivity contribution in [2.75, 3.05) is 10.6 Å². The second kappa shape index (κ2) is 9.33. The molecule has 4 rings (SSSR count). The van der Waals surface area contributed by atoms with E-state index in [4.69, 9.17) is 34.8 Å². The molecule has 0 saturated heterocycles. The second-order valence-electron chi connectivity index (χ2n) is 7.90. The number of carbonyl (C=O) groups excluding carboxylic acids is 2. The van der Waals surface area contributed by atoms with Gasteiger partial charge in [0.25, 0.3) is 5.91 Å². The molecule has 35 heavy (non-hydrogen) atoms. The van der Waals surface area contributed by atoms with Crippen LogP contribution in [-0.4, -0.2) is 16.1 Å². The SMILES string of the molecule is O=C(Nc1ccc(F)cc1)c1cc(NC(=O)[C@@H]2C(c3cccc(C(F)(F)F)c3)C2(Cl)Cl)ccc1Cl. The van der Waals surface area contributed by atoms with E-state index < -0.39 is 45.5 Å². The Bertz CT molecular complexity index is 1300. The topological polar surface area (TPSA) is 58.2 Å². The van der Waals surface area contributed by atoms with E-state index in [0.717, 1.165) is 12.1 Å². The van der Waals surface area contributed by atoms with Gasteiger partial charge in [-0.25, -0.2) is 4.39 Å². The van der Waals surface area contributed by atoms with Crippen LogP contribution in [0.3, 0.4) is 0 Å². The van der Waals surface area contributed by atoms with Gasteiger partial charge >= 0.3 is 6.18 Å². The normalized spacial score (nSPS) is 18.6. The van der Waals surface area contributed by atoms with Crippen molar-refractivity contribution in [2.45, 2.75) is 16.4 Å². The molecule has 4 nitrogen and oxygen atoms in total. The number of amides is 2. The number of rotatable bonds is 5. The third kappa shape index (κ3) is 5.39. The summed E-state index contributed by atoms with van der Waals surface area (Å²) in [4.78, 5) is 25.5. The molecule has 0 heterocycles. The smallest absolute Gasteiger partial charge is 0.326 e. The Kier molecular flexibility index (Phi) is 6.74. The summed E-state index contributed by atoms with van der Waals surface area (Å²) in [7, 11) is 0. The molecule has 1 aliphatic carbocycles. The lowest BCUT2D eigenvalue weighted by molar-refractivity contribution is -0.137. The maximum atomic E-state index is 13.1. The standard InChI is InChI=1S/C24H15Cl3F4N2O2/c25-18-9-8-16(11-17(18)21(34)32-15-6-4-14(28)5-7-15)33-22(35)20-19(23(20,26)27)12-2-1-3-13(10-12)24(29,30)31/h1-11,19-20H,(H,32,34)(H,33,35)/t19?,20-/m0/s1. The molecule has 2 amide bonds. The third-order valence-electron chi connectivity index (χ3n) is 5.49. The molecule has 1 saturated carbocycles. The van der Waals surface area contributed by atoms with Crippen molar-refractivity contribution in [3.8, 4) is 0 Å². The van der Waals surface area contributed by atoms with Crippen molar-refractivity contribution >= 4 is 58.0 Å². The minimum atomic E-state index is -4.56. The van der Waals surface area contributed by atoms with Gasteiger partial charge in [0, 0.05) is 17.3 Å². The minimum Gasteiger partial charge on any atom is -0.326 e. The van der Waals surface area contributed by atoms with Gasteiger partial charge in [-0.05, 0) is 54.1 Å². The Morgan fingerprint density at radius 1 is 0.886 bits per heavy atom. The third-order valence-corrected chi connectivity index (χ3v) is 6.76. The van der Waals surface area contributed by atoms with E-state index >= 15 is 0 Å². The van der Waals surface area contributed by atoms with Crippen LogP contribution in [0.25, 0.3) is 0 Å². The van der Waals surface area contributed by atoms with Gasteiger partial charge in [0.15, 0.2) is 0 Å². The molecule has 1 unspecified atom stereocenters. The van der Waals surface area contributed by atoms with Gasteiger partial charge in [-0.2, -0.15) is 13.2 Å². The Balaban J connectivity index is 1.50. The number of hydrogen-bond donors (Lipinski definition) is 2. The molecule has 0 aliphatic heterocycles.